The van der Waals surface area contributed by atoms with Gasteiger partial charge >= 0.3 is 0 Å². The molecule has 0 spiro atoms. The van der Waals surface area contributed by atoms with Crippen LogP contribution in [-0.2, 0) is 11.2 Å². The molecule has 0 aliphatic heterocycles. The van der Waals surface area contributed by atoms with E-state index in [0.717, 1.165) is 24.2 Å². The number of Topliss-reactive ketones (excluding diaryl/α,β-unsaturated/α-hetero) is 1. The van der Waals surface area contributed by atoms with Gasteiger partial charge in [0.05, 0.1) is 6.26 Å². The maximum absolute atomic E-state index is 12.1. The molecule has 3 rings (SSSR count). The summed E-state index contributed by atoms with van der Waals surface area (Å²) in [6, 6.07) is 0. The van der Waals surface area contributed by atoms with Gasteiger partial charge in [0.2, 0.25) is 0 Å². The summed E-state index contributed by atoms with van der Waals surface area (Å²) in [5, 5.41) is 0. The minimum absolute atomic E-state index is 0.0109. The molecule has 0 amide bonds. The van der Waals surface area contributed by atoms with Crippen molar-refractivity contribution >= 4 is 11.9 Å². The van der Waals surface area contributed by atoms with Crippen LogP contribution in [0.1, 0.15) is 43.6 Å². The SMILES string of the molecule is Cc1coc2c1CC1(C)C(=C2)C(=O)CCC1C. The van der Waals surface area contributed by atoms with E-state index in [1.165, 1.54) is 11.1 Å². The van der Waals surface area contributed by atoms with Crippen molar-refractivity contribution in [3.63, 3.8) is 0 Å². The largest absolute Gasteiger partial charge is 0.464 e. The molecule has 1 aromatic rings. The van der Waals surface area contributed by atoms with Gasteiger partial charge in [-0.15, -0.1) is 0 Å². The Bertz CT molecular complexity index is 521. The Labute approximate surface area is 102 Å². The number of carbonyl (C=O) groups excluding carboxylic acids is 1. The van der Waals surface area contributed by atoms with Crippen molar-refractivity contribution in [1.29, 1.82) is 0 Å². The second kappa shape index (κ2) is 3.34. The smallest absolute Gasteiger partial charge is 0.159 e. The summed E-state index contributed by atoms with van der Waals surface area (Å²) in [5.74, 6) is 1.77. The molecule has 1 aromatic heterocycles. The quantitative estimate of drug-likeness (QED) is 0.682. The predicted molar refractivity (Wildman–Crippen MR) is 66.6 cm³/mol. The molecule has 0 radical (unpaired) electrons. The fraction of sp³-hybridized carbons (Fsp3) is 0.533. The van der Waals surface area contributed by atoms with Crippen molar-refractivity contribution < 1.29 is 9.21 Å². The van der Waals surface area contributed by atoms with Crippen molar-refractivity contribution in [2.45, 2.75) is 40.0 Å². The summed E-state index contributed by atoms with van der Waals surface area (Å²) in [6.07, 6.45) is 6.45. The molecule has 0 N–H and O–H groups in total. The van der Waals surface area contributed by atoms with Gasteiger partial charge in [-0.25, -0.2) is 0 Å². The molecule has 1 saturated carbocycles. The molecule has 2 atom stereocenters. The molecule has 0 aromatic carbocycles. The maximum atomic E-state index is 12.1. The van der Waals surface area contributed by atoms with Crippen LogP contribution in [0.15, 0.2) is 16.3 Å². The van der Waals surface area contributed by atoms with Gasteiger partial charge in [0.25, 0.3) is 0 Å². The van der Waals surface area contributed by atoms with Gasteiger partial charge in [0, 0.05) is 23.0 Å². The van der Waals surface area contributed by atoms with E-state index in [1.807, 2.05) is 6.08 Å². The Hall–Kier alpha value is -1.31. The minimum atomic E-state index is 0.0109. The number of ketones is 1. The molecular weight excluding hydrogens is 212 g/mol. The van der Waals surface area contributed by atoms with Gasteiger partial charge < -0.3 is 4.42 Å². The number of rotatable bonds is 0. The van der Waals surface area contributed by atoms with E-state index in [0.29, 0.717) is 18.1 Å². The molecule has 1 heterocycles. The third-order valence-electron chi connectivity index (χ3n) is 4.76. The number of furan rings is 1. The average molecular weight is 230 g/mol. The first-order valence-electron chi connectivity index (χ1n) is 6.34. The van der Waals surface area contributed by atoms with E-state index in [1.54, 1.807) is 6.26 Å². The molecule has 2 nitrogen and oxygen atoms in total. The molecule has 1 fully saturated rings. The lowest BCUT2D eigenvalue weighted by Crippen LogP contribution is -2.39. The summed E-state index contributed by atoms with van der Waals surface area (Å²) in [5.41, 5.74) is 3.49. The van der Waals surface area contributed by atoms with Crippen LogP contribution < -0.4 is 0 Å². The molecule has 17 heavy (non-hydrogen) atoms. The molecule has 2 unspecified atom stereocenters. The Balaban J connectivity index is 2.18. The summed E-state index contributed by atoms with van der Waals surface area (Å²) < 4.78 is 5.54. The fourth-order valence-corrected chi connectivity index (χ4v) is 3.23. The molecule has 0 bridgehead atoms. The van der Waals surface area contributed by atoms with Crippen molar-refractivity contribution in [2.24, 2.45) is 11.3 Å². The maximum Gasteiger partial charge on any atom is 0.159 e. The van der Waals surface area contributed by atoms with Gasteiger partial charge in [-0.1, -0.05) is 13.8 Å². The molecule has 2 heteroatoms. The van der Waals surface area contributed by atoms with E-state index in [2.05, 4.69) is 20.8 Å². The normalized spacial score (nSPS) is 31.8. The Kier molecular flexibility index (Phi) is 2.13. The van der Waals surface area contributed by atoms with Crippen molar-refractivity contribution in [2.75, 3.05) is 0 Å². The number of hydrogen-bond acceptors (Lipinski definition) is 2. The number of allylic oxidation sites excluding steroid dienone is 1. The molecule has 90 valence electrons. The highest BCUT2D eigenvalue weighted by Crippen LogP contribution is 2.50. The van der Waals surface area contributed by atoms with Crippen LogP contribution in [0.4, 0.5) is 0 Å². The zero-order valence-electron chi connectivity index (χ0n) is 10.7. The number of aryl methyl sites for hydroxylation is 1. The van der Waals surface area contributed by atoms with Crippen molar-refractivity contribution in [3.8, 4) is 0 Å². The van der Waals surface area contributed by atoms with Crippen LogP contribution >= 0.6 is 0 Å². The van der Waals surface area contributed by atoms with Gasteiger partial charge in [0.15, 0.2) is 5.78 Å². The van der Waals surface area contributed by atoms with Crippen LogP contribution in [0.5, 0.6) is 0 Å². The van der Waals surface area contributed by atoms with Crippen LogP contribution in [0.2, 0.25) is 0 Å². The molecule has 2 aliphatic rings. The molecule has 2 aliphatic carbocycles. The standard InChI is InChI=1S/C15H18O2/c1-9-8-17-14-6-12-13(16)5-4-10(2)15(12,3)7-11(9)14/h6,8,10H,4-5,7H2,1-3H3. The van der Waals surface area contributed by atoms with E-state index in [-0.39, 0.29) is 5.41 Å². The minimum Gasteiger partial charge on any atom is -0.464 e. The third kappa shape index (κ3) is 1.36. The highest BCUT2D eigenvalue weighted by atomic mass is 16.3. The number of hydrogen-bond donors (Lipinski definition) is 0. The zero-order valence-corrected chi connectivity index (χ0v) is 10.7. The number of carbonyl (C=O) groups is 1. The predicted octanol–water partition coefficient (Wildman–Crippen LogP) is 3.53. The third-order valence-corrected chi connectivity index (χ3v) is 4.76. The first kappa shape index (κ1) is 10.8. The number of fused-ring (bicyclic) bond motifs is 2. The van der Waals surface area contributed by atoms with E-state index < -0.39 is 0 Å². The van der Waals surface area contributed by atoms with Crippen LogP contribution in [0.3, 0.4) is 0 Å². The zero-order chi connectivity index (χ0) is 12.2. The monoisotopic (exact) mass is 230 g/mol. The van der Waals surface area contributed by atoms with Gasteiger partial charge in [-0.3, -0.25) is 4.79 Å². The molecular formula is C15H18O2. The van der Waals surface area contributed by atoms with Gasteiger partial charge in [0.1, 0.15) is 5.76 Å². The highest BCUT2D eigenvalue weighted by molar-refractivity contribution is 6.02. The Morgan fingerprint density at radius 1 is 1.47 bits per heavy atom. The lowest BCUT2D eigenvalue weighted by atomic mass is 9.60. The summed E-state index contributed by atoms with van der Waals surface area (Å²) in [6.45, 7) is 6.58. The van der Waals surface area contributed by atoms with Crippen molar-refractivity contribution in [3.05, 3.63) is 28.7 Å². The van der Waals surface area contributed by atoms with Crippen LogP contribution in [-0.4, -0.2) is 5.78 Å². The van der Waals surface area contributed by atoms with Crippen molar-refractivity contribution in [1.82, 2.24) is 0 Å². The first-order chi connectivity index (χ1) is 8.02. The van der Waals surface area contributed by atoms with E-state index in [9.17, 15) is 4.79 Å². The fourth-order valence-electron chi connectivity index (χ4n) is 3.23. The van der Waals surface area contributed by atoms with E-state index >= 15 is 0 Å². The molecule has 0 saturated heterocycles. The van der Waals surface area contributed by atoms with Crippen LogP contribution in [0.25, 0.3) is 6.08 Å². The first-order valence-corrected chi connectivity index (χ1v) is 6.34. The van der Waals surface area contributed by atoms with Gasteiger partial charge in [-0.2, -0.15) is 0 Å². The summed E-state index contributed by atoms with van der Waals surface area (Å²) in [4.78, 5) is 12.1. The average Bonchev–Trinajstić information content (AvgIpc) is 2.64. The van der Waals surface area contributed by atoms with Crippen LogP contribution in [0, 0.1) is 18.3 Å². The topological polar surface area (TPSA) is 30.2 Å². The summed E-state index contributed by atoms with van der Waals surface area (Å²) >= 11 is 0. The Morgan fingerprint density at radius 2 is 2.24 bits per heavy atom. The van der Waals surface area contributed by atoms with Gasteiger partial charge in [-0.05, 0) is 37.3 Å². The van der Waals surface area contributed by atoms with E-state index in [4.69, 9.17) is 4.42 Å². The highest BCUT2D eigenvalue weighted by Gasteiger charge is 2.45. The summed E-state index contributed by atoms with van der Waals surface area (Å²) in [7, 11) is 0. The Morgan fingerprint density at radius 3 is 3.00 bits per heavy atom. The lowest BCUT2D eigenvalue weighted by molar-refractivity contribution is -0.119. The second-order valence-corrected chi connectivity index (χ2v) is 5.78. The second-order valence-electron chi connectivity index (χ2n) is 5.78. The lowest BCUT2D eigenvalue weighted by Gasteiger charge is -2.43.